The number of nitrogens with zero attached hydrogens (tertiary/aromatic N) is 4. The van der Waals surface area contributed by atoms with Crippen LogP contribution in [0.4, 0.5) is 4.39 Å². The van der Waals surface area contributed by atoms with Gasteiger partial charge in [0.1, 0.15) is 11.9 Å². The third kappa shape index (κ3) is 0.949. The van der Waals surface area contributed by atoms with Crippen molar-refractivity contribution in [3.63, 3.8) is 0 Å². The van der Waals surface area contributed by atoms with E-state index in [0.29, 0.717) is 24.4 Å². The minimum atomic E-state index is -0.815. The van der Waals surface area contributed by atoms with Crippen molar-refractivity contribution in [1.82, 2.24) is 30.8 Å². The number of fused-ring (bicyclic) bond motifs is 1. The molecule has 14 heavy (non-hydrogen) atoms. The van der Waals surface area contributed by atoms with Crippen molar-refractivity contribution in [3.05, 3.63) is 11.3 Å². The molecule has 1 aliphatic carbocycles. The first-order valence-corrected chi connectivity index (χ1v) is 4.28. The van der Waals surface area contributed by atoms with E-state index >= 15 is 0 Å². The normalized spacial score (nSPS) is 19.9. The second-order valence-corrected chi connectivity index (χ2v) is 3.27. The van der Waals surface area contributed by atoms with E-state index in [-0.39, 0.29) is 0 Å². The SMILES string of the molecule is FC1Cc2[nH]nc(-c3nn[nH]n3)c2C1. The maximum Gasteiger partial charge on any atom is 0.225 e. The molecule has 2 heterocycles. The molecule has 0 fully saturated rings. The van der Waals surface area contributed by atoms with Gasteiger partial charge in [0.25, 0.3) is 0 Å². The van der Waals surface area contributed by atoms with Crippen LogP contribution in [0.15, 0.2) is 0 Å². The number of hydrogen-bond acceptors (Lipinski definition) is 4. The number of rotatable bonds is 1. The predicted molar refractivity (Wildman–Crippen MR) is 44.1 cm³/mol. The number of nitrogens with one attached hydrogen (secondary N) is 2. The number of tetrazole rings is 1. The largest absolute Gasteiger partial charge is 0.281 e. The van der Waals surface area contributed by atoms with Gasteiger partial charge in [-0.3, -0.25) is 5.10 Å². The fourth-order valence-corrected chi connectivity index (χ4v) is 1.75. The first kappa shape index (κ1) is 7.60. The molecule has 0 spiro atoms. The molecule has 0 saturated heterocycles. The van der Waals surface area contributed by atoms with Gasteiger partial charge in [-0.25, -0.2) is 4.39 Å². The Kier molecular flexibility index (Phi) is 1.41. The lowest BCUT2D eigenvalue weighted by atomic mass is 10.2. The maximum absolute atomic E-state index is 13.1. The van der Waals surface area contributed by atoms with Crippen LogP contribution in [-0.4, -0.2) is 37.0 Å². The standard InChI is InChI=1S/C7H7FN6/c8-3-1-4-5(2-3)9-10-6(4)7-11-13-14-12-7/h3H,1-2H2,(H,9,10)(H,11,12,13,14). The van der Waals surface area contributed by atoms with E-state index in [4.69, 9.17) is 0 Å². The number of alkyl halides is 1. The molecule has 0 radical (unpaired) electrons. The molecule has 2 aromatic heterocycles. The van der Waals surface area contributed by atoms with E-state index in [1.54, 1.807) is 0 Å². The molecule has 3 rings (SSSR count). The van der Waals surface area contributed by atoms with Gasteiger partial charge >= 0.3 is 0 Å². The molecule has 1 unspecified atom stereocenters. The minimum Gasteiger partial charge on any atom is -0.281 e. The summed E-state index contributed by atoms with van der Waals surface area (Å²) in [6, 6.07) is 0. The first-order chi connectivity index (χ1) is 6.84. The van der Waals surface area contributed by atoms with Gasteiger partial charge in [0, 0.05) is 24.1 Å². The van der Waals surface area contributed by atoms with Crippen LogP contribution >= 0.6 is 0 Å². The van der Waals surface area contributed by atoms with E-state index < -0.39 is 6.17 Å². The lowest BCUT2D eigenvalue weighted by Crippen LogP contribution is -1.99. The molecule has 1 atom stereocenters. The third-order valence-corrected chi connectivity index (χ3v) is 2.36. The molecule has 6 nitrogen and oxygen atoms in total. The number of H-pyrrole nitrogens is 2. The molecular formula is C7H7FN6. The Bertz CT molecular complexity index is 447. The van der Waals surface area contributed by atoms with Gasteiger partial charge in [-0.1, -0.05) is 0 Å². The quantitative estimate of drug-likeness (QED) is 0.670. The van der Waals surface area contributed by atoms with E-state index in [1.807, 2.05) is 0 Å². The van der Waals surface area contributed by atoms with Crippen molar-refractivity contribution in [3.8, 4) is 11.5 Å². The lowest BCUT2D eigenvalue weighted by Gasteiger charge is -1.94. The lowest BCUT2D eigenvalue weighted by molar-refractivity contribution is 0.346. The van der Waals surface area contributed by atoms with Gasteiger partial charge in [0.15, 0.2) is 0 Å². The second kappa shape index (κ2) is 2.60. The summed E-state index contributed by atoms with van der Waals surface area (Å²) in [5.74, 6) is 0.414. The van der Waals surface area contributed by atoms with Crippen LogP contribution in [0.3, 0.4) is 0 Å². The van der Waals surface area contributed by atoms with Gasteiger partial charge in [-0.05, 0) is 5.21 Å². The van der Waals surface area contributed by atoms with Gasteiger partial charge < -0.3 is 0 Å². The average Bonchev–Trinajstić information content (AvgIpc) is 2.77. The van der Waals surface area contributed by atoms with Crippen LogP contribution in [0.5, 0.6) is 0 Å². The van der Waals surface area contributed by atoms with Crippen LogP contribution in [-0.2, 0) is 12.8 Å². The van der Waals surface area contributed by atoms with Gasteiger partial charge in [0.05, 0.1) is 0 Å². The van der Waals surface area contributed by atoms with Crippen LogP contribution in [0.1, 0.15) is 11.3 Å². The topological polar surface area (TPSA) is 83.1 Å². The number of aromatic nitrogens is 6. The number of halogens is 1. The molecule has 0 amide bonds. The van der Waals surface area contributed by atoms with Crippen molar-refractivity contribution in [1.29, 1.82) is 0 Å². The highest BCUT2D eigenvalue weighted by Gasteiger charge is 2.28. The fraction of sp³-hybridized carbons (Fsp3) is 0.429. The van der Waals surface area contributed by atoms with Crippen molar-refractivity contribution >= 4 is 0 Å². The van der Waals surface area contributed by atoms with Crippen molar-refractivity contribution < 1.29 is 4.39 Å². The number of aromatic amines is 2. The van der Waals surface area contributed by atoms with E-state index in [9.17, 15) is 4.39 Å². The zero-order valence-corrected chi connectivity index (χ0v) is 7.16. The summed E-state index contributed by atoms with van der Waals surface area (Å²) in [7, 11) is 0. The molecule has 0 saturated carbocycles. The molecule has 2 aromatic rings. The minimum absolute atomic E-state index is 0.385. The molecule has 0 bridgehead atoms. The summed E-state index contributed by atoms with van der Waals surface area (Å²) in [4.78, 5) is 0. The Labute approximate surface area is 77.9 Å². The zero-order valence-electron chi connectivity index (χ0n) is 7.16. The molecular weight excluding hydrogens is 187 g/mol. The van der Waals surface area contributed by atoms with Crippen molar-refractivity contribution in [2.24, 2.45) is 0 Å². The molecule has 72 valence electrons. The highest BCUT2D eigenvalue weighted by atomic mass is 19.1. The highest BCUT2D eigenvalue weighted by Crippen LogP contribution is 2.29. The fourth-order valence-electron chi connectivity index (χ4n) is 1.75. The zero-order chi connectivity index (χ0) is 9.54. The van der Waals surface area contributed by atoms with Gasteiger partial charge in [-0.2, -0.15) is 10.3 Å². The molecule has 0 aliphatic heterocycles. The summed E-state index contributed by atoms with van der Waals surface area (Å²) in [5.41, 5.74) is 2.32. The predicted octanol–water partition coefficient (Wildman–Crippen LogP) is 0.0265. The maximum atomic E-state index is 13.1. The summed E-state index contributed by atoms with van der Waals surface area (Å²) in [6.45, 7) is 0. The van der Waals surface area contributed by atoms with E-state index in [1.165, 1.54) is 0 Å². The van der Waals surface area contributed by atoms with Crippen LogP contribution in [0, 0.1) is 0 Å². The smallest absolute Gasteiger partial charge is 0.225 e. The Balaban J connectivity index is 2.10. The second-order valence-electron chi connectivity index (χ2n) is 3.27. The van der Waals surface area contributed by atoms with E-state index in [2.05, 4.69) is 30.8 Å². The van der Waals surface area contributed by atoms with Crippen LogP contribution in [0.25, 0.3) is 11.5 Å². The molecule has 7 heteroatoms. The summed E-state index contributed by atoms with van der Waals surface area (Å²) in [6.07, 6.45) is -0.0273. The highest BCUT2D eigenvalue weighted by molar-refractivity contribution is 5.56. The Hall–Kier alpha value is -1.79. The average molecular weight is 194 g/mol. The molecule has 2 N–H and O–H groups in total. The molecule has 1 aliphatic rings. The summed E-state index contributed by atoms with van der Waals surface area (Å²) >= 11 is 0. The third-order valence-electron chi connectivity index (χ3n) is 2.36. The van der Waals surface area contributed by atoms with Gasteiger partial charge in [-0.15, -0.1) is 10.2 Å². The monoisotopic (exact) mass is 194 g/mol. The molecule has 0 aromatic carbocycles. The van der Waals surface area contributed by atoms with Crippen molar-refractivity contribution in [2.75, 3.05) is 0 Å². The van der Waals surface area contributed by atoms with Gasteiger partial charge in [0.2, 0.25) is 5.82 Å². The first-order valence-electron chi connectivity index (χ1n) is 4.28. The Morgan fingerprint density at radius 2 is 2.21 bits per heavy atom. The van der Waals surface area contributed by atoms with E-state index in [0.717, 1.165) is 11.3 Å². The summed E-state index contributed by atoms with van der Waals surface area (Å²) < 4.78 is 13.1. The summed E-state index contributed by atoms with van der Waals surface area (Å²) in [5, 5.41) is 20.2. The Morgan fingerprint density at radius 3 is 3.00 bits per heavy atom. The Morgan fingerprint density at radius 1 is 1.29 bits per heavy atom. The van der Waals surface area contributed by atoms with Crippen LogP contribution < -0.4 is 0 Å². The van der Waals surface area contributed by atoms with Crippen LogP contribution in [0.2, 0.25) is 0 Å². The van der Waals surface area contributed by atoms with Crippen molar-refractivity contribution in [2.45, 2.75) is 19.0 Å². The number of hydrogen-bond donors (Lipinski definition) is 2.